The molecule has 1 N–H and O–H groups in total. The van der Waals surface area contributed by atoms with E-state index in [1.165, 1.54) is 51.4 Å². The van der Waals surface area contributed by atoms with Crippen LogP contribution in [0.2, 0.25) is 0 Å². The Labute approximate surface area is 130 Å². The molecule has 0 aromatic heterocycles. The van der Waals surface area contributed by atoms with Gasteiger partial charge in [-0.05, 0) is 62.2 Å². The molecule has 0 amide bonds. The van der Waals surface area contributed by atoms with Gasteiger partial charge in [-0.15, -0.1) is 0 Å². The normalized spacial score (nSPS) is 49.0. The van der Waals surface area contributed by atoms with E-state index in [-0.39, 0.29) is 5.92 Å². The molecule has 0 aromatic rings. The summed E-state index contributed by atoms with van der Waals surface area (Å²) in [5, 5.41) is 3.34. The maximum atomic E-state index is 14.7. The van der Waals surface area contributed by atoms with Crippen molar-refractivity contribution in [3.05, 3.63) is 6.42 Å². The zero-order valence-corrected chi connectivity index (χ0v) is 13.9. The molecule has 2 heteroatoms. The highest BCUT2D eigenvalue weighted by Gasteiger charge is 2.39. The average Bonchev–Trinajstić information content (AvgIpc) is 2.49. The second kappa shape index (κ2) is 6.98. The zero-order valence-electron chi connectivity index (χ0n) is 13.9. The molecular weight excluding hydrogens is 261 g/mol. The van der Waals surface area contributed by atoms with Gasteiger partial charge in [-0.1, -0.05) is 39.5 Å². The van der Waals surface area contributed by atoms with Crippen molar-refractivity contribution in [3.63, 3.8) is 0 Å². The summed E-state index contributed by atoms with van der Waals surface area (Å²) in [6.45, 7) is 4.70. The SMILES string of the molecule is CC1CCC(C2[CH]CC(C3CCC(C)CC3)C(F)N2)CC1. The quantitative estimate of drug-likeness (QED) is 0.697. The summed E-state index contributed by atoms with van der Waals surface area (Å²) >= 11 is 0. The molecule has 3 unspecified atom stereocenters. The van der Waals surface area contributed by atoms with E-state index >= 15 is 0 Å². The molecule has 3 aliphatic rings. The second-order valence-corrected chi connectivity index (χ2v) is 8.27. The van der Waals surface area contributed by atoms with E-state index in [9.17, 15) is 4.39 Å². The number of rotatable bonds is 2. The summed E-state index contributed by atoms with van der Waals surface area (Å²) < 4.78 is 14.7. The zero-order chi connectivity index (χ0) is 14.8. The fourth-order valence-electron chi connectivity index (χ4n) is 4.92. The van der Waals surface area contributed by atoms with Gasteiger partial charge in [0.05, 0.1) is 0 Å². The first-order valence-electron chi connectivity index (χ1n) is 9.37. The standard InChI is InChI=1S/C19H33FN/c1-13-3-7-15(8-4-13)17-11-12-18(21-19(17)20)16-9-5-14(2)6-10-16/h12-19,21H,3-11H2,1-2H3. The Morgan fingerprint density at radius 2 is 1.33 bits per heavy atom. The van der Waals surface area contributed by atoms with Gasteiger partial charge in [0.1, 0.15) is 0 Å². The Balaban J connectivity index is 1.50. The lowest BCUT2D eigenvalue weighted by molar-refractivity contribution is 0.0536. The third-order valence-electron chi connectivity index (χ3n) is 6.62. The van der Waals surface area contributed by atoms with Crippen LogP contribution in [0.15, 0.2) is 0 Å². The van der Waals surface area contributed by atoms with E-state index in [4.69, 9.17) is 0 Å². The Hall–Kier alpha value is -0.110. The minimum Gasteiger partial charge on any atom is -0.284 e. The van der Waals surface area contributed by atoms with Gasteiger partial charge in [-0.3, -0.25) is 5.32 Å². The van der Waals surface area contributed by atoms with E-state index in [2.05, 4.69) is 25.6 Å². The molecule has 1 saturated heterocycles. The Kier molecular flexibility index (Phi) is 5.24. The van der Waals surface area contributed by atoms with E-state index in [0.29, 0.717) is 17.9 Å². The molecule has 2 aliphatic carbocycles. The molecule has 1 radical (unpaired) electrons. The molecule has 0 spiro atoms. The van der Waals surface area contributed by atoms with Crippen LogP contribution in [0, 0.1) is 36.0 Å². The molecule has 121 valence electrons. The van der Waals surface area contributed by atoms with E-state index in [1.54, 1.807) is 0 Å². The minimum atomic E-state index is -0.766. The number of hydrogen-bond acceptors (Lipinski definition) is 1. The van der Waals surface area contributed by atoms with E-state index in [0.717, 1.165) is 18.3 Å². The van der Waals surface area contributed by atoms with Gasteiger partial charge in [0.15, 0.2) is 6.30 Å². The molecule has 1 heterocycles. The minimum absolute atomic E-state index is 0.247. The molecule has 3 fully saturated rings. The molecule has 1 nitrogen and oxygen atoms in total. The van der Waals surface area contributed by atoms with Crippen molar-refractivity contribution < 1.29 is 4.39 Å². The highest BCUT2D eigenvalue weighted by Crippen LogP contribution is 2.41. The molecular formula is C19H33FN. The van der Waals surface area contributed by atoms with Crippen LogP contribution >= 0.6 is 0 Å². The van der Waals surface area contributed by atoms with Gasteiger partial charge in [0.2, 0.25) is 0 Å². The fourth-order valence-corrected chi connectivity index (χ4v) is 4.92. The number of alkyl halides is 1. The van der Waals surface area contributed by atoms with Gasteiger partial charge >= 0.3 is 0 Å². The monoisotopic (exact) mass is 294 g/mol. The molecule has 0 aromatic carbocycles. The van der Waals surface area contributed by atoms with Gasteiger partial charge in [-0.25, -0.2) is 4.39 Å². The lowest BCUT2D eigenvalue weighted by Gasteiger charge is -2.43. The molecule has 1 aliphatic heterocycles. The van der Waals surface area contributed by atoms with Crippen molar-refractivity contribution in [3.8, 4) is 0 Å². The van der Waals surface area contributed by atoms with Gasteiger partial charge in [0, 0.05) is 12.0 Å². The highest BCUT2D eigenvalue weighted by atomic mass is 19.1. The van der Waals surface area contributed by atoms with Crippen LogP contribution in [0.25, 0.3) is 0 Å². The van der Waals surface area contributed by atoms with Gasteiger partial charge in [0.25, 0.3) is 0 Å². The molecule has 3 rings (SSSR count). The number of nitrogens with one attached hydrogen (secondary N) is 1. The molecule has 0 bridgehead atoms. The van der Waals surface area contributed by atoms with E-state index < -0.39 is 6.30 Å². The number of piperidine rings is 1. The smallest absolute Gasteiger partial charge is 0.154 e. The van der Waals surface area contributed by atoms with Crippen LogP contribution in [0.5, 0.6) is 0 Å². The van der Waals surface area contributed by atoms with E-state index in [1.807, 2.05) is 0 Å². The lowest BCUT2D eigenvalue weighted by atomic mass is 9.70. The first kappa shape index (κ1) is 15.8. The fraction of sp³-hybridized carbons (Fsp3) is 0.947. The molecule has 2 saturated carbocycles. The predicted octanol–water partition coefficient (Wildman–Crippen LogP) is 5.12. The van der Waals surface area contributed by atoms with Crippen LogP contribution in [-0.2, 0) is 0 Å². The maximum absolute atomic E-state index is 14.7. The highest BCUT2D eigenvalue weighted by molar-refractivity contribution is 4.99. The second-order valence-electron chi connectivity index (χ2n) is 8.27. The van der Waals surface area contributed by atoms with Gasteiger partial charge in [-0.2, -0.15) is 0 Å². The number of halogens is 1. The summed E-state index contributed by atoms with van der Waals surface area (Å²) in [7, 11) is 0. The Morgan fingerprint density at radius 1 is 0.810 bits per heavy atom. The lowest BCUT2D eigenvalue weighted by Crippen LogP contribution is -2.51. The largest absolute Gasteiger partial charge is 0.284 e. The van der Waals surface area contributed by atoms with Crippen molar-refractivity contribution in [1.82, 2.24) is 5.32 Å². The van der Waals surface area contributed by atoms with Crippen LogP contribution in [0.3, 0.4) is 0 Å². The third kappa shape index (κ3) is 3.81. The average molecular weight is 294 g/mol. The first-order valence-corrected chi connectivity index (χ1v) is 9.37. The van der Waals surface area contributed by atoms with Crippen molar-refractivity contribution in [2.24, 2.45) is 29.6 Å². The summed E-state index contributed by atoms with van der Waals surface area (Å²) in [4.78, 5) is 0. The van der Waals surface area contributed by atoms with Crippen molar-refractivity contribution in [2.75, 3.05) is 0 Å². The summed E-state index contributed by atoms with van der Waals surface area (Å²) in [6.07, 6.45) is 13.0. The first-order chi connectivity index (χ1) is 10.1. The predicted molar refractivity (Wildman–Crippen MR) is 86.5 cm³/mol. The van der Waals surface area contributed by atoms with Crippen LogP contribution < -0.4 is 5.32 Å². The summed E-state index contributed by atoms with van der Waals surface area (Å²) in [5.41, 5.74) is 0. The van der Waals surface area contributed by atoms with Crippen LogP contribution in [-0.4, -0.2) is 12.3 Å². The Bertz CT molecular complexity index is 316. The molecule has 21 heavy (non-hydrogen) atoms. The molecule has 3 atom stereocenters. The van der Waals surface area contributed by atoms with Crippen LogP contribution in [0.1, 0.15) is 71.6 Å². The topological polar surface area (TPSA) is 12.0 Å². The van der Waals surface area contributed by atoms with Crippen molar-refractivity contribution in [2.45, 2.75) is 84.0 Å². The third-order valence-corrected chi connectivity index (χ3v) is 6.62. The van der Waals surface area contributed by atoms with Crippen molar-refractivity contribution in [1.29, 1.82) is 0 Å². The van der Waals surface area contributed by atoms with Crippen LogP contribution in [0.4, 0.5) is 4.39 Å². The number of hydrogen-bond donors (Lipinski definition) is 1. The summed E-state index contributed by atoms with van der Waals surface area (Å²) in [6, 6.07) is 0.339. The van der Waals surface area contributed by atoms with Crippen molar-refractivity contribution >= 4 is 0 Å². The summed E-state index contributed by atoms with van der Waals surface area (Å²) in [5.74, 6) is 3.29. The Morgan fingerprint density at radius 3 is 1.86 bits per heavy atom. The van der Waals surface area contributed by atoms with Gasteiger partial charge < -0.3 is 0 Å². The maximum Gasteiger partial charge on any atom is 0.154 e.